The number of nitrogens with zero attached hydrogens (tertiary/aromatic N) is 7. The lowest BCUT2D eigenvalue weighted by atomic mass is 9.95. The van der Waals surface area contributed by atoms with Crippen LogP contribution in [-0.4, -0.2) is 98.1 Å². The summed E-state index contributed by atoms with van der Waals surface area (Å²) in [6, 6.07) is 11.5. The number of piperazine rings is 1. The van der Waals surface area contributed by atoms with Crippen LogP contribution < -0.4 is 9.64 Å². The van der Waals surface area contributed by atoms with Crippen molar-refractivity contribution in [2.24, 2.45) is 0 Å². The minimum atomic E-state index is -0.758. The number of hydrogen-bond acceptors (Lipinski definition) is 9. The summed E-state index contributed by atoms with van der Waals surface area (Å²) >= 11 is 0. The molecule has 4 fully saturated rings. The molecule has 0 aliphatic carbocycles. The van der Waals surface area contributed by atoms with Crippen LogP contribution in [0.2, 0.25) is 0 Å². The fourth-order valence-corrected chi connectivity index (χ4v) is 10.3. The number of phenols is 1. The van der Waals surface area contributed by atoms with E-state index in [1.54, 1.807) is 0 Å². The number of amides is 1. The molecule has 2 unspecified atom stereocenters. The van der Waals surface area contributed by atoms with Crippen LogP contribution in [0, 0.1) is 24.0 Å². The molecule has 5 aliphatic heterocycles. The van der Waals surface area contributed by atoms with Crippen molar-refractivity contribution in [3.05, 3.63) is 82.5 Å². The molecule has 12 heteroatoms. The van der Waals surface area contributed by atoms with Crippen molar-refractivity contribution < 1.29 is 23.4 Å². The van der Waals surface area contributed by atoms with E-state index in [0.717, 1.165) is 75.8 Å². The summed E-state index contributed by atoms with van der Waals surface area (Å²) in [6.07, 6.45) is 13.2. The van der Waals surface area contributed by atoms with Gasteiger partial charge in [-0.2, -0.15) is 9.97 Å². The van der Waals surface area contributed by atoms with Crippen LogP contribution in [-0.2, 0) is 13.1 Å². The Morgan fingerprint density at radius 1 is 1.05 bits per heavy atom. The topological polar surface area (TPSA) is 98.2 Å². The summed E-state index contributed by atoms with van der Waals surface area (Å²) in [7, 11) is 2.07. The monoisotopic (exact) mass is 741 g/mol. The van der Waals surface area contributed by atoms with E-state index in [2.05, 4.69) is 48.6 Å². The second kappa shape index (κ2) is 12.9. The van der Waals surface area contributed by atoms with Crippen molar-refractivity contribution in [1.29, 1.82) is 0 Å². The molecule has 0 radical (unpaired) electrons. The number of halogens is 2. The van der Waals surface area contributed by atoms with Gasteiger partial charge in [0.15, 0.2) is 5.82 Å². The SMILES string of the molecule is C#Cc1c(F)ccc2cc(O)cc(-c3ncc4c(N5CC6CCC(C5)N6C(=O)c5cccc6c5CN(C)C6)nc(OCC56CCCN5CCC6)nc4c3F)c12. The average Bonchev–Trinajstić information content (AvgIpc) is 3.94. The third kappa shape index (κ3) is 5.42. The fraction of sp³-hybridized carbons (Fsp3) is 0.395. The fourth-order valence-electron chi connectivity index (χ4n) is 10.3. The first-order chi connectivity index (χ1) is 26.7. The number of terminal acetylenes is 1. The number of hydrogen-bond donors (Lipinski definition) is 1. The lowest BCUT2D eigenvalue weighted by Gasteiger charge is -2.42. The molecular weight excluding hydrogens is 701 g/mol. The zero-order valence-electron chi connectivity index (χ0n) is 30.7. The smallest absolute Gasteiger partial charge is 0.319 e. The summed E-state index contributed by atoms with van der Waals surface area (Å²) in [5.41, 5.74) is 2.97. The van der Waals surface area contributed by atoms with E-state index >= 15 is 8.78 Å². The molecule has 280 valence electrons. The van der Waals surface area contributed by atoms with Crippen molar-refractivity contribution in [3.63, 3.8) is 0 Å². The number of phenolic OH excluding ortho intramolecular Hbond substituents is 1. The van der Waals surface area contributed by atoms with Gasteiger partial charge in [-0.25, -0.2) is 8.78 Å². The second-order valence-electron chi connectivity index (χ2n) is 16.0. The molecular formula is C43H41F2N7O3. The quantitative estimate of drug-likeness (QED) is 0.203. The molecule has 10 nitrogen and oxygen atoms in total. The number of aromatic hydroxyl groups is 1. The first-order valence-electron chi connectivity index (χ1n) is 19.2. The number of rotatable bonds is 6. The highest BCUT2D eigenvalue weighted by Crippen LogP contribution is 2.42. The van der Waals surface area contributed by atoms with Gasteiger partial charge in [-0.15, -0.1) is 6.42 Å². The van der Waals surface area contributed by atoms with E-state index in [1.165, 1.54) is 36.0 Å². The first-order valence-corrected chi connectivity index (χ1v) is 19.2. The predicted molar refractivity (Wildman–Crippen MR) is 205 cm³/mol. The number of anilines is 1. The van der Waals surface area contributed by atoms with Crippen molar-refractivity contribution in [2.45, 2.75) is 69.2 Å². The molecule has 1 N–H and O–H groups in total. The zero-order valence-corrected chi connectivity index (χ0v) is 30.7. The van der Waals surface area contributed by atoms with Crippen LogP contribution in [0.15, 0.2) is 48.7 Å². The lowest BCUT2D eigenvalue weighted by Crippen LogP contribution is -2.56. The Balaban J connectivity index is 1.06. The van der Waals surface area contributed by atoms with E-state index in [0.29, 0.717) is 36.3 Å². The maximum Gasteiger partial charge on any atom is 0.319 e. The van der Waals surface area contributed by atoms with Crippen molar-refractivity contribution >= 4 is 33.4 Å². The van der Waals surface area contributed by atoms with Crippen LogP contribution in [0.3, 0.4) is 0 Å². The maximum atomic E-state index is 17.2. The molecule has 2 bridgehead atoms. The Labute approximate surface area is 317 Å². The van der Waals surface area contributed by atoms with Crippen LogP contribution in [0.1, 0.15) is 65.6 Å². The van der Waals surface area contributed by atoms with Gasteiger partial charge in [-0.3, -0.25) is 19.6 Å². The summed E-state index contributed by atoms with van der Waals surface area (Å²) in [5, 5.41) is 11.8. The maximum absolute atomic E-state index is 17.2. The van der Waals surface area contributed by atoms with Gasteiger partial charge >= 0.3 is 6.01 Å². The van der Waals surface area contributed by atoms with Crippen LogP contribution >= 0.6 is 0 Å². The van der Waals surface area contributed by atoms with E-state index in [1.807, 2.05) is 12.1 Å². The lowest BCUT2D eigenvalue weighted by molar-refractivity contribution is 0.0639. The van der Waals surface area contributed by atoms with Crippen molar-refractivity contribution in [1.82, 2.24) is 29.7 Å². The Bertz CT molecular complexity index is 2440. The molecule has 4 saturated heterocycles. The van der Waals surface area contributed by atoms with Gasteiger partial charge in [0.2, 0.25) is 0 Å². The Hall–Kier alpha value is -5.38. The van der Waals surface area contributed by atoms with Crippen LogP contribution in [0.5, 0.6) is 11.8 Å². The molecule has 0 saturated carbocycles. The highest BCUT2D eigenvalue weighted by molar-refractivity contribution is 6.03. The number of aromatic nitrogens is 3. The summed E-state index contributed by atoms with van der Waals surface area (Å²) in [5.74, 6) is 1.43. The molecule has 7 heterocycles. The van der Waals surface area contributed by atoms with Gasteiger partial charge in [0.25, 0.3) is 5.91 Å². The third-order valence-electron chi connectivity index (χ3n) is 12.8. The number of carbonyl (C=O) groups is 1. The average molecular weight is 742 g/mol. The molecule has 2 aromatic heterocycles. The molecule has 5 aliphatic rings. The number of carbonyl (C=O) groups excluding carboxylic acids is 1. The molecule has 55 heavy (non-hydrogen) atoms. The summed E-state index contributed by atoms with van der Waals surface area (Å²) < 4.78 is 38.6. The number of pyridine rings is 1. The summed E-state index contributed by atoms with van der Waals surface area (Å²) in [6.45, 7) is 5.05. The van der Waals surface area contributed by atoms with Gasteiger partial charge in [-0.1, -0.05) is 24.1 Å². The predicted octanol–water partition coefficient (Wildman–Crippen LogP) is 6.26. The van der Waals surface area contributed by atoms with Crippen molar-refractivity contribution in [3.8, 4) is 35.4 Å². The highest BCUT2D eigenvalue weighted by atomic mass is 19.1. The zero-order chi connectivity index (χ0) is 37.6. The number of benzene rings is 3. The largest absolute Gasteiger partial charge is 0.508 e. The third-order valence-corrected chi connectivity index (χ3v) is 12.8. The number of fused-ring (bicyclic) bond motifs is 6. The Morgan fingerprint density at radius 3 is 2.60 bits per heavy atom. The van der Waals surface area contributed by atoms with E-state index in [-0.39, 0.29) is 63.0 Å². The molecule has 1 amide bonds. The molecule has 5 aromatic rings. The minimum Gasteiger partial charge on any atom is -0.508 e. The van der Waals surface area contributed by atoms with Gasteiger partial charge in [-0.05, 0) is 99.4 Å². The van der Waals surface area contributed by atoms with Gasteiger partial charge < -0.3 is 19.6 Å². The highest BCUT2D eigenvalue weighted by Gasteiger charge is 2.46. The minimum absolute atomic E-state index is 0.00201. The Morgan fingerprint density at radius 2 is 1.84 bits per heavy atom. The molecule has 2 atom stereocenters. The molecule has 10 rings (SSSR count). The van der Waals surface area contributed by atoms with E-state index in [4.69, 9.17) is 16.1 Å². The van der Waals surface area contributed by atoms with Gasteiger partial charge in [0, 0.05) is 48.9 Å². The van der Waals surface area contributed by atoms with E-state index in [9.17, 15) is 9.90 Å². The number of ether oxygens (including phenoxy) is 1. The summed E-state index contributed by atoms with van der Waals surface area (Å²) in [4.78, 5) is 37.4. The normalized spacial score (nSPS) is 21.7. The first kappa shape index (κ1) is 34.1. The van der Waals surface area contributed by atoms with Gasteiger partial charge in [0.1, 0.15) is 35.2 Å². The standard InChI is InChI=1S/C43H41F2N7O3/c1-3-30-35(44)12-9-25-17-29(53)18-32(36(25)30)38-37(45)39-33(19-46-38)40(48-42(47-39)55-24-43-13-5-15-51(43)16-6-14-43)50-21-27-10-11-28(22-50)52(27)41(54)31-8-4-7-26-20-49(2)23-34(26)31/h1,4,7-9,12,17-19,27-28,53H,5-6,10-11,13-16,20-24H2,2H3. The molecule has 3 aromatic carbocycles. The van der Waals surface area contributed by atoms with Crippen molar-refractivity contribution in [2.75, 3.05) is 44.7 Å². The van der Waals surface area contributed by atoms with Crippen LogP contribution in [0.4, 0.5) is 14.6 Å². The van der Waals surface area contributed by atoms with Crippen LogP contribution in [0.25, 0.3) is 32.9 Å². The Kier molecular flexibility index (Phi) is 7.98. The second-order valence-corrected chi connectivity index (χ2v) is 16.0. The molecule has 0 spiro atoms. The van der Waals surface area contributed by atoms with E-state index < -0.39 is 11.6 Å². The van der Waals surface area contributed by atoms with Gasteiger partial charge in [0.05, 0.1) is 28.6 Å².